The van der Waals surface area contributed by atoms with Crippen molar-refractivity contribution in [1.82, 2.24) is 9.88 Å². The molecule has 3 aromatic rings. The van der Waals surface area contributed by atoms with Crippen LogP contribution in [0.2, 0.25) is 0 Å². The van der Waals surface area contributed by atoms with Gasteiger partial charge < -0.3 is 14.5 Å². The van der Waals surface area contributed by atoms with Gasteiger partial charge in [-0.1, -0.05) is 30.3 Å². The van der Waals surface area contributed by atoms with E-state index in [0.29, 0.717) is 5.56 Å². The molecule has 2 aromatic carbocycles. The fourth-order valence-corrected chi connectivity index (χ4v) is 4.77. The highest BCUT2D eigenvalue weighted by Gasteiger charge is 2.29. The monoisotopic (exact) mass is 442 g/mol. The average Bonchev–Trinajstić information content (AvgIpc) is 3.32. The standard InChI is InChI=1S/C27H30N4O2/c1-33-23-10-8-21(9-11-23)12-15-29-17-19-30(20-18-29)26-24(6-4-14-28-26)27(32)31-16-13-22-5-2-3-7-25(22)31/h2-11,14H,12-13,15-20H2,1H3. The highest BCUT2D eigenvalue weighted by molar-refractivity contribution is 6.10. The molecule has 0 bridgehead atoms. The summed E-state index contributed by atoms with van der Waals surface area (Å²) in [6, 6.07) is 20.3. The van der Waals surface area contributed by atoms with E-state index in [9.17, 15) is 4.79 Å². The van der Waals surface area contributed by atoms with E-state index in [1.165, 1.54) is 11.1 Å². The third kappa shape index (κ3) is 4.57. The fourth-order valence-electron chi connectivity index (χ4n) is 4.77. The Hall–Kier alpha value is -3.38. The van der Waals surface area contributed by atoms with Gasteiger partial charge in [0.05, 0.1) is 12.7 Å². The number of para-hydroxylation sites is 1. The minimum absolute atomic E-state index is 0.0463. The molecule has 1 amide bonds. The molecule has 6 nitrogen and oxygen atoms in total. The van der Waals surface area contributed by atoms with Crippen molar-refractivity contribution in [2.75, 3.05) is 56.2 Å². The summed E-state index contributed by atoms with van der Waals surface area (Å²) in [4.78, 5) is 24.8. The largest absolute Gasteiger partial charge is 0.497 e. The van der Waals surface area contributed by atoms with E-state index in [0.717, 1.165) is 69.4 Å². The van der Waals surface area contributed by atoms with E-state index in [4.69, 9.17) is 4.74 Å². The van der Waals surface area contributed by atoms with E-state index in [1.54, 1.807) is 13.3 Å². The van der Waals surface area contributed by atoms with Crippen LogP contribution in [0.1, 0.15) is 21.5 Å². The molecule has 33 heavy (non-hydrogen) atoms. The molecule has 0 unspecified atom stereocenters. The van der Waals surface area contributed by atoms with Crippen LogP contribution in [0.15, 0.2) is 66.9 Å². The van der Waals surface area contributed by atoms with E-state index < -0.39 is 0 Å². The molecule has 0 N–H and O–H groups in total. The topological polar surface area (TPSA) is 48.9 Å². The molecule has 0 radical (unpaired) electrons. The quantitative estimate of drug-likeness (QED) is 0.583. The van der Waals surface area contributed by atoms with Crippen LogP contribution in [0.3, 0.4) is 0 Å². The highest BCUT2D eigenvalue weighted by Crippen LogP contribution is 2.30. The Bertz CT molecular complexity index is 1110. The zero-order chi connectivity index (χ0) is 22.6. The molecule has 6 heteroatoms. The molecule has 0 atom stereocenters. The van der Waals surface area contributed by atoms with Crippen molar-refractivity contribution in [2.24, 2.45) is 0 Å². The highest BCUT2D eigenvalue weighted by atomic mass is 16.5. The predicted molar refractivity (Wildman–Crippen MR) is 131 cm³/mol. The first-order chi connectivity index (χ1) is 16.2. The van der Waals surface area contributed by atoms with Crippen molar-refractivity contribution in [1.29, 1.82) is 0 Å². The van der Waals surface area contributed by atoms with Crippen molar-refractivity contribution < 1.29 is 9.53 Å². The maximum atomic E-state index is 13.5. The van der Waals surface area contributed by atoms with Crippen LogP contribution in [0.4, 0.5) is 11.5 Å². The number of aromatic nitrogens is 1. The number of ether oxygens (including phenoxy) is 1. The van der Waals surface area contributed by atoms with E-state index in [2.05, 4.69) is 33.0 Å². The number of hydrogen-bond donors (Lipinski definition) is 0. The maximum Gasteiger partial charge on any atom is 0.262 e. The Morgan fingerprint density at radius 3 is 2.52 bits per heavy atom. The number of pyridine rings is 1. The van der Waals surface area contributed by atoms with E-state index >= 15 is 0 Å². The molecule has 1 aromatic heterocycles. The first-order valence-corrected chi connectivity index (χ1v) is 11.7. The molecule has 0 saturated carbocycles. The summed E-state index contributed by atoms with van der Waals surface area (Å²) in [5, 5.41) is 0. The Morgan fingerprint density at radius 2 is 1.73 bits per heavy atom. The molecular weight excluding hydrogens is 412 g/mol. The summed E-state index contributed by atoms with van der Waals surface area (Å²) in [7, 11) is 1.69. The van der Waals surface area contributed by atoms with Crippen molar-refractivity contribution in [2.45, 2.75) is 12.8 Å². The van der Waals surface area contributed by atoms with Gasteiger partial charge in [-0.15, -0.1) is 0 Å². The molecule has 0 aliphatic carbocycles. The first-order valence-electron chi connectivity index (χ1n) is 11.7. The fraction of sp³-hybridized carbons (Fsp3) is 0.333. The lowest BCUT2D eigenvalue weighted by Crippen LogP contribution is -2.48. The number of nitrogens with zero attached hydrogens (tertiary/aromatic N) is 4. The third-order valence-electron chi connectivity index (χ3n) is 6.70. The maximum absolute atomic E-state index is 13.5. The number of rotatable bonds is 6. The van der Waals surface area contributed by atoms with Crippen LogP contribution in [-0.2, 0) is 12.8 Å². The van der Waals surface area contributed by atoms with Gasteiger partial charge in [-0.2, -0.15) is 0 Å². The summed E-state index contributed by atoms with van der Waals surface area (Å²) in [5.41, 5.74) is 4.28. The van der Waals surface area contributed by atoms with Gasteiger partial charge in [0.15, 0.2) is 0 Å². The molecular formula is C27H30N4O2. The first kappa shape index (κ1) is 21.5. The number of anilines is 2. The van der Waals surface area contributed by atoms with Crippen molar-refractivity contribution >= 4 is 17.4 Å². The number of amides is 1. The molecule has 3 heterocycles. The van der Waals surface area contributed by atoms with Crippen LogP contribution in [0, 0.1) is 0 Å². The van der Waals surface area contributed by atoms with Crippen LogP contribution < -0.4 is 14.5 Å². The van der Waals surface area contributed by atoms with Gasteiger partial charge >= 0.3 is 0 Å². The van der Waals surface area contributed by atoms with Crippen molar-refractivity contribution in [3.8, 4) is 5.75 Å². The van der Waals surface area contributed by atoms with Gasteiger partial charge in [-0.3, -0.25) is 9.69 Å². The van der Waals surface area contributed by atoms with Gasteiger partial charge in [0.2, 0.25) is 0 Å². The van der Waals surface area contributed by atoms with Gasteiger partial charge in [-0.05, 0) is 54.3 Å². The van der Waals surface area contributed by atoms with Crippen LogP contribution >= 0.6 is 0 Å². The SMILES string of the molecule is COc1ccc(CCN2CCN(c3ncccc3C(=O)N3CCc4ccccc43)CC2)cc1. The van der Waals surface area contributed by atoms with E-state index in [-0.39, 0.29) is 5.91 Å². The van der Waals surface area contributed by atoms with Gasteiger partial charge in [0.1, 0.15) is 11.6 Å². The minimum Gasteiger partial charge on any atom is -0.497 e. The lowest BCUT2D eigenvalue weighted by atomic mass is 10.1. The number of benzene rings is 2. The zero-order valence-electron chi connectivity index (χ0n) is 19.1. The normalized spacial score (nSPS) is 16.0. The molecule has 0 spiro atoms. The number of piperazine rings is 1. The summed E-state index contributed by atoms with van der Waals surface area (Å²) in [5.74, 6) is 1.75. The third-order valence-corrected chi connectivity index (χ3v) is 6.70. The number of methoxy groups -OCH3 is 1. The Labute approximate surface area is 195 Å². The Balaban J connectivity index is 1.22. The van der Waals surface area contributed by atoms with Gasteiger partial charge in [0.25, 0.3) is 5.91 Å². The van der Waals surface area contributed by atoms with Crippen LogP contribution in [-0.4, -0.2) is 62.2 Å². The van der Waals surface area contributed by atoms with Gasteiger partial charge in [-0.25, -0.2) is 4.98 Å². The smallest absolute Gasteiger partial charge is 0.262 e. The lowest BCUT2D eigenvalue weighted by molar-refractivity contribution is 0.0989. The second-order valence-electron chi connectivity index (χ2n) is 8.64. The summed E-state index contributed by atoms with van der Waals surface area (Å²) >= 11 is 0. The second kappa shape index (κ2) is 9.63. The van der Waals surface area contributed by atoms with Crippen molar-refractivity contribution in [3.05, 3.63) is 83.6 Å². The summed E-state index contributed by atoms with van der Waals surface area (Å²) in [6.07, 6.45) is 3.72. The van der Waals surface area contributed by atoms with E-state index in [1.807, 2.05) is 47.4 Å². The molecule has 2 aliphatic rings. The predicted octanol–water partition coefficient (Wildman–Crippen LogP) is 3.66. The second-order valence-corrected chi connectivity index (χ2v) is 8.64. The Morgan fingerprint density at radius 1 is 0.939 bits per heavy atom. The zero-order valence-corrected chi connectivity index (χ0v) is 19.1. The molecule has 2 aliphatic heterocycles. The summed E-state index contributed by atoms with van der Waals surface area (Å²) < 4.78 is 5.24. The molecule has 1 saturated heterocycles. The average molecular weight is 443 g/mol. The molecule has 1 fully saturated rings. The number of fused-ring (bicyclic) bond motifs is 1. The van der Waals surface area contributed by atoms with Crippen LogP contribution in [0.25, 0.3) is 0 Å². The van der Waals surface area contributed by atoms with Gasteiger partial charge in [0, 0.05) is 51.2 Å². The molecule has 170 valence electrons. The minimum atomic E-state index is 0.0463. The Kier molecular flexibility index (Phi) is 6.26. The van der Waals surface area contributed by atoms with Crippen LogP contribution in [0.5, 0.6) is 5.75 Å². The lowest BCUT2D eigenvalue weighted by Gasteiger charge is -2.36. The van der Waals surface area contributed by atoms with Crippen molar-refractivity contribution in [3.63, 3.8) is 0 Å². The summed E-state index contributed by atoms with van der Waals surface area (Å²) in [6.45, 7) is 5.43. The number of hydrogen-bond acceptors (Lipinski definition) is 5. The number of carbonyl (C=O) groups is 1. The molecule has 5 rings (SSSR count). The number of carbonyl (C=O) groups excluding carboxylic acids is 1.